The maximum atomic E-state index is 12.9. The van der Waals surface area contributed by atoms with Crippen molar-refractivity contribution in [2.24, 2.45) is 0 Å². The minimum atomic E-state index is -4.68. The van der Waals surface area contributed by atoms with Gasteiger partial charge in [-0.05, 0) is 37.9 Å². The molecule has 0 radical (unpaired) electrons. The first kappa shape index (κ1) is 26.5. The quantitative estimate of drug-likeness (QED) is 0.224. The Morgan fingerprint density at radius 2 is 1.49 bits per heavy atom. The Morgan fingerprint density at radius 1 is 0.829 bits per heavy atom. The Morgan fingerprint density at radius 3 is 2.06 bits per heavy atom. The Labute approximate surface area is 209 Å². The number of nitrogens with zero attached hydrogens (tertiary/aromatic N) is 6. The van der Waals surface area contributed by atoms with Crippen molar-refractivity contribution in [1.82, 2.24) is 29.7 Å². The van der Waals surface area contributed by atoms with E-state index in [2.05, 4.69) is 37.4 Å². The Hall–Kier alpha value is -3.14. The number of alkyl halides is 6. The summed E-state index contributed by atoms with van der Waals surface area (Å²) < 4.78 is 77.7. The molecule has 0 fully saturated rings. The molecule has 0 aliphatic heterocycles. The molecule has 0 aliphatic carbocycles. The van der Waals surface area contributed by atoms with Crippen LogP contribution in [0.25, 0.3) is 17.1 Å². The van der Waals surface area contributed by atoms with Crippen molar-refractivity contribution in [1.29, 1.82) is 0 Å². The van der Waals surface area contributed by atoms with E-state index in [1.165, 1.54) is 6.07 Å². The Bertz CT molecular complexity index is 1320. The number of hydrogen-bond donors (Lipinski definition) is 0. The van der Waals surface area contributed by atoms with E-state index >= 15 is 0 Å². The first-order valence-electron chi connectivity index (χ1n) is 9.68. The summed E-state index contributed by atoms with van der Waals surface area (Å²) in [6, 6.07) is 10.4. The molecule has 4 heterocycles. The third kappa shape index (κ3) is 5.58. The standard InChI is InChI=1S/C22H14F6N6.Pt/c1-20(2,16-7-4-8-18(32-16)34-10-9-17(33-34)21(23,24)25)15-6-3-5-14(31-15)13-11-29-19(30-12-13)22(26,27)28;/h3-9,11H,1-2H3;/q-2;+2. The molecular formula is C22H14F6N6Pt. The van der Waals surface area contributed by atoms with E-state index in [0.29, 0.717) is 17.1 Å². The number of aromatic nitrogens is 6. The van der Waals surface area contributed by atoms with Crippen LogP contribution in [-0.4, -0.2) is 29.7 Å². The summed E-state index contributed by atoms with van der Waals surface area (Å²) in [5.74, 6) is -1.18. The first-order valence-corrected chi connectivity index (χ1v) is 9.68. The zero-order chi connectivity index (χ0) is 24.7. The van der Waals surface area contributed by atoms with Crippen molar-refractivity contribution in [3.05, 3.63) is 84.0 Å². The van der Waals surface area contributed by atoms with E-state index in [1.807, 2.05) is 0 Å². The third-order valence-corrected chi connectivity index (χ3v) is 4.93. The van der Waals surface area contributed by atoms with Crippen LogP contribution in [-0.2, 0) is 38.8 Å². The van der Waals surface area contributed by atoms with Gasteiger partial charge in [-0.25, -0.2) is 0 Å². The van der Waals surface area contributed by atoms with E-state index in [4.69, 9.17) is 0 Å². The van der Waals surface area contributed by atoms with E-state index in [9.17, 15) is 26.3 Å². The smallest absolute Gasteiger partial charge is 0.343 e. The summed E-state index contributed by atoms with van der Waals surface area (Å²) in [5, 5.41) is 3.49. The van der Waals surface area contributed by atoms with Gasteiger partial charge in [-0.2, -0.15) is 26.3 Å². The maximum absolute atomic E-state index is 12.9. The monoisotopic (exact) mass is 671 g/mol. The topological polar surface area (TPSA) is 69.4 Å². The molecule has 0 unspecified atom stereocenters. The van der Waals surface area contributed by atoms with Gasteiger partial charge >= 0.3 is 33.4 Å². The van der Waals surface area contributed by atoms with Crippen LogP contribution < -0.4 is 0 Å². The number of hydrogen-bond acceptors (Lipinski definition) is 5. The zero-order valence-electron chi connectivity index (χ0n) is 17.9. The fraction of sp³-hybridized carbons (Fsp3) is 0.227. The van der Waals surface area contributed by atoms with Crippen molar-refractivity contribution in [3.8, 4) is 17.1 Å². The Balaban J connectivity index is 0.00000342. The van der Waals surface area contributed by atoms with Gasteiger partial charge in [-0.15, -0.1) is 6.07 Å². The molecule has 0 bridgehead atoms. The van der Waals surface area contributed by atoms with Gasteiger partial charge in [0.15, 0.2) is 0 Å². The summed E-state index contributed by atoms with van der Waals surface area (Å²) in [7, 11) is 0. The second-order valence-electron chi connectivity index (χ2n) is 7.70. The molecule has 4 rings (SSSR count). The minimum Gasteiger partial charge on any atom is -0.343 e. The molecule has 4 aromatic rings. The van der Waals surface area contributed by atoms with Gasteiger partial charge < -0.3 is 19.6 Å². The molecule has 6 nitrogen and oxygen atoms in total. The summed E-state index contributed by atoms with van der Waals surface area (Å²) in [6.45, 7) is 3.60. The molecular weight excluding hydrogens is 657 g/mol. The molecule has 0 amide bonds. The van der Waals surface area contributed by atoms with Gasteiger partial charge in [0.1, 0.15) is 5.82 Å². The van der Waals surface area contributed by atoms with Crippen LogP contribution in [0.1, 0.15) is 36.8 Å². The SMILES string of the molecule is CC(C)(c1cccc(-c2[c-]nc(C(F)(F)F)nc2)n1)c1cccc(-n2[c-]cc(C(F)(F)F)n2)n1.[Pt+2]. The number of rotatable bonds is 4. The summed E-state index contributed by atoms with van der Waals surface area (Å²) in [4.78, 5) is 15.5. The molecule has 0 aromatic carbocycles. The second kappa shape index (κ2) is 9.48. The molecule has 35 heavy (non-hydrogen) atoms. The minimum absolute atomic E-state index is 0. The number of pyridine rings is 2. The van der Waals surface area contributed by atoms with E-state index in [-0.39, 0.29) is 32.4 Å². The molecule has 184 valence electrons. The summed E-state index contributed by atoms with van der Waals surface area (Å²) >= 11 is 0. The van der Waals surface area contributed by atoms with Crippen LogP contribution in [0.4, 0.5) is 26.3 Å². The van der Waals surface area contributed by atoms with Crippen LogP contribution in [0.2, 0.25) is 0 Å². The molecule has 0 spiro atoms. The summed E-state index contributed by atoms with van der Waals surface area (Å²) in [5.41, 5.74) is -0.492. The van der Waals surface area contributed by atoms with Crippen molar-refractivity contribution >= 4 is 0 Å². The van der Waals surface area contributed by atoms with Gasteiger partial charge in [0.2, 0.25) is 0 Å². The normalized spacial score (nSPS) is 12.3. The fourth-order valence-corrected chi connectivity index (χ4v) is 3.05. The van der Waals surface area contributed by atoms with E-state index in [1.54, 1.807) is 44.2 Å². The molecule has 0 saturated carbocycles. The van der Waals surface area contributed by atoms with Crippen LogP contribution >= 0.6 is 0 Å². The molecule has 4 aromatic heterocycles. The van der Waals surface area contributed by atoms with Gasteiger partial charge in [-0.3, -0.25) is 10.1 Å². The second-order valence-corrected chi connectivity index (χ2v) is 7.70. The molecule has 0 atom stereocenters. The Kier molecular flexibility index (Phi) is 7.17. The largest absolute Gasteiger partial charge is 2.00 e. The average Bonchev–Trinajstić information content (AvgIpc) is 3.30. The van der Waals surface area contributed by atoms with Gasteiger partial charge in [-0.1, -0.05) is 42.2 Å². The molecule has 0 saturated heterocycles. The summed E-state index contributed by atoms with van der Waals surface area (Å²) in [6.07, 6.45) is -3.60. The predicted octanol–water partition coefficient (Wildman–Crippen LogP) is 5.08. The third-order valence-electron chi connectivity index (χ3n) is 4.93. The maximum Gasteiger partial charge on any atom is 2.00 e. The van der Waals surface area contributed by atoms with Crippen molar-refractivity contribution in [3.63, 3.8) is 0 Å². The first-order chi connectivity index (χ1) is 15.9. The molecule has 0 N–H and O–H groups in total. The van der Waals surface area contributed by atoms with Crippen LogP contribution in [0.3, 0.4) is 0 Å². The van der Waals surface area contributed by atoms with Crippen molar-refractivity contribution in [2.45, 2.75) is 31.6 Å². The molecule has 13 heteroatoms. The van der Waals surface area contributed by atoms with E-state index in [0.717, 1.165) is 16.9 Å². The number of halogens is 6. The molecule has 0 aliphatic rings. The van der Waals surface area contributed by atoms with Crippen molar-refractivity contribution in [2.75, 3.05) is 0 Å². The van der Waals surface area contributed by atoms with Gasteiger partial charge in [0, 0.05) is 16.8 Å². The van der Waals surface area contributed by atoms with Gasteiger partial charge in [0.05, 0.1) is 11.5 Å². The fourth-order valence-electron chi connectivity index (χ4n) is 3.05. The van der Waals surface area contributed by atoms with Crippen molar-refractivity contribution < 1.29 is 47.4 Å². The van der Waals surface area contributed by atoms with Crippen LogP contribution in [0.15, 0.2) is 48.7 Å². The zero-order valence-corrected chi connectivity index (χ0v) is 20.2. The predicted molar refractivity (Wildman–Crippen MR) is 106 cm³/mol. The average molecular weight is 671 g/mol. The van der Waals surface area contributed by atoms with Crippen LogP contribution in [0, 0.1) is 12.4 Å². The van der Waals surface area contributed by atoms with Crippen LogP contribution in [0.5, 0.6) is 0 Å². The van der Waals surface area contributed by atoms with E-state index < -0.39 is 29.3 Å². The van der Waals surface area contributed by atoms with Gasteiger partial charge in [0.25, 0.3) is 0 Å².